The van der Waals surface area contributed by atoms with Gasteiger partial charge in [-0.2, -0.15) is 0 Å². The summed E-state index contributed by atoms with van der Waals surface area (Å²) < 4.78 is 24.8. The van der Waals surface area contributed by atoms with E-state index in [4.69, 9.17) is 14.6 Å². The molecule has 5 heteroatoms. The molecule has 1 aliphatic rings. The molecule has 1 N–H and O–H groups in total. The molecule has 0 amide bonds. The predicted molar refractivity (Wildman–Crippen MR) is 66.5 cm³/mol. The predicted octanol–water partition coefficient (Wildman–Crippen LogP) is 2.90. The Hall–Kier alpha value is -1.46. The van der Waals surface area contributed by atoms with E-state index in [9.17, 15) is 9.18 Å². The molecule has 1 aromatic carbocycles. The Morgan fingerprint density at radius 2 is 1.95 bits per heavy atom. The molecule has 0 aliphatic carbocycles. The number of aromatic carboxylic acids is 1. The minimum atomic E-state index is -1.29. The molecule has 4 nitrogen and oxygen atoms in total. The lowest BCUT2D eigenvalue weighted by Gasteiger charge is -2.34. The van der Waals surface area contributed by atoms with Gasteiger partial charge in [-0.15, -0.1) is 0 Å². The maximum Gasteiger partial charge on any atom is 0.338 e. The SMILES string of the molecule is Cc1cc(C2OCC(C)(C)CO2)cc(C(=O)O)c1F. The summed E-state index contributed by atoms with van der Waals surface area (Å²) in [5.74, 6) is -2.01. The molecule has 1 aromatic rings. The van der Waals surface area contributed by atoms with Crippen molar-refractivity contribution in [3.8, 4) is 0 Å². The molecule has 1 fully saturated rings. The van der Waals surface area contributed by atoms with Gasteiger partial charge >= 0.3 is 5.97 Å². The Bertz CT molecular complexity index is 500. The molecule has 1 aliphatic heterocycles. The fraction of sp³-hybridized carbons (Fsp3) is 0.500. The topological polar surface area (TPSA) is 55.8 Å². The number of carboxylic acids is 1. The van der Waals surface area contributed by atoms with E-state index < -0.39 is 18.1 Å². The third-order valence-electron chi connectivity index (χ3n) is 3.03. The van der Waals surface area contributed by atoms with Crippen molar-refractivity contribution >= 4 is 5.97 Å². The van der Waals surface area contributed by atoms with Crippen LogP contribution in [0.5, 0.6) is 0 Å². The van der Waals surface area contributed by atoms with Crippen LogP contribution in [0.15, 0.2) is 12.1 Å². The van der Waals surface area contributed by atoms with E-state index >= 15 is 0 Å². The van der Waals surface area contributed by atoms with Gasteiger partial charge in [0.15, 0.2) is 6.29 Å². The second-order valence-corrected chi connectivity index (χ2v) is 5.62. The van der Waals surface area contributed by atoms with Crippen molar-refractivity contribution in [3.05, 3.63) is 34.6 Å². The largest absolute Gasteiger partial charge is 0.478 e. The van der Waals surface area contributed by atoms with Crippen LogP contribution < -0.4 is 0 Å². The first-order valence-electron chi connectivity index (χ1n) is 6.07. The van der Waals surface area contributed by atoms with Crippen molar-refractivity contribution in [1.29, 1.82) is 0 Å². The summed E-state index contributed by atoms with van der Waals surface area (Å²) in [5, 5.41) is 8.97. The smallest absolute Gasteiger partial charge is 0.338 e. The summed E-state index contributed by atoms with van der Waals surface area (Å²) in [6.45, 7) is 6.58. The second kappa shape index (κ2) is 4.90. The minimum Gasteiger partial charge on any atom is -0.478 e. The van der Waals surface area contributed by atoms with Crippen molar-refractivity contribution in [2.45, 2.75) is 27.1 Å². The zero-order valence-electron chi connectivity index (χ0n) is 11.2. The minimum absolute atomic E-state index is 0.0683. The molecule has 0 atom stereocenters. The normalized spacial score (nSPS) is 19.4. The zero-order valence-corrected chi connectivity index (χ0v) is 11.2. The third-order valence-corrected chi connectivity index (χ3v) is 3.03. The molecule has 104 valence electrons. The summed E-state index contributed by atoms with van der Waals surface area (Å²) in [7, 11) is 0. The average molecular weight is 268 g/mol. The molecule has 0 unspecified atom stereocenters. The molecule has 0 aromatic heterocycles. The Morgan fingerprint density at radius 3 is 2.47 bits per heavy atom. The van der Waals surface area contributed by atoms with E-state index in [1.54, 1.807) is 6.07 Å². The molecule has 0 saturated carbocycles. The van der Waals surface area contributed by atoms with Gasteiger partial charge in [0.1, 0.15) is 5.82 Å². The van der Waals surface area contributed by atoms with Crippen LogP contribution in [-0.4, -0.2) is 24.3 Å². The summed E-state index contributed by atoms with van der Waals surface area (Å²) in [6.07, 6.45) is -0.634. The van der Waals surface area contributed by atoms with Crippen molar-refractivity contribution in [2.75, 3.05) is 13.2 Å². The van der Waals surface area contributed by atoms with Gasteiger partial charge in [-0.25, -0.2) is 9.18 Å². The Labute approximate surface area is 111 Å². The van der Waals surface area contributed by atoms with E-state index in [-0.39, 0.29) is 16.5 Å². The first-order chi connectivity index (χ1) is 8.80. The van der Waals surface area contributed by atoms with Gasteiger partial charge in [-0.1, -0.05) is 13.8 Å². The Morgan fingerprint density at radius 1 is 1.37 bits per heavy atom. The van der Waals surface area contributed by atoms with E-state index in [1.807, 2.05) is 13.8 Å². The first-order valence-corrected chi connectivity index (χ1v) is 6.07. The molecular formula is C14H17FO4. The van der Waals surface area contributed by atoms with Crippen LogP contribution in [0.3, 0.4) is 0 Å². The van der Waals surface area contributed by atoms with Gasteiger partial charge in [-0.05, 0) is 24.6 Å². The lowest BCUT2D eigenvalue weighted by Crippen LogP contribution is -2.33. The molecule has 1 saturated heterocycles. The van der Waals surface area contributed by atoms with Crippen LogP contribution in [0.2, 0.25) is 0 Å². The van der Waals surface area contributed by atoms with E-state index in [2.05, 4.69) is 0 Å². The van der Waals surface area contributed by atoms with Crippen LogP contribution in [0.25, 0.3) is 0 Å². The summed E-state index contributed by atoms with van der Waals surface area (Å²) >= 11 is 0. The highest BCUT2D eigenvalue weighted by Crippen LogP contribution is 2.32. The number of halogens is 1. The van der Waals surface area contributed by atoms with Gasteiger partial charge in [0.2, 0.25) is 0 Å². The lowest BCUT2D eigenvalue weighted by molar-refractivity contribution is -0.226. The molecule has 19 heavy (non-hydrogen) atoms. The molecule has 1 heterocycles. The fourth-order valence-corrected chi connectivity index (χ4v) is 1.97. The maximum absolute atomic E-state index is 13.7. The van der Waals surface area contributed by atoms with Gasteiger partial charge in [0.05, 0.1) is 18.8 Å². The second-order valence-electron chi connectivity index (χ2n) is 5.62. The highest BCUT2D eigenvalue weighted by Gasteiger charge is 2.30. The number of hydrogen-bond donors (Lipinski definition) is 1. The third kappa shape index (κ3) is 2.93. The maximum atomic E-state index is 13.7. The number of hydrogen-bond acceptors (Lipinski definition) is 3. The number of ether oxygens (including phenoxy) is 2. The van der Waals surface area contributed by atoms with Gasteiger partial charge in [-0.3, -0.25) is 0 Å². The Balaban J connectivity index is 2.29. The summed E-state index contributed by atoms with van der Waals surface area (Å²) in [4.78, 5) is 11.0. The standard InChI is InChI=1S/C14H17FO4/c1-8-4-9(5-10(11(8)15)12(16)17)13-18-6-14(2,3)7-19-13/h4-5,13H,6-7H2,1-3H3,(H,16,17). The van der Waals surface area contributed by atoms with Crippen LogP contribution in [-0.2, 0) is 9.47 Å². The van der Waals surface area contributed by atoms with Crippen LogP contribution in [0.4, 0.5) is 4.39 Å². The zero-order chi connectivity index (χ0) is 14.2. The number of aryl methyl sites for hydroxylation is 1. The van der Waals surface area contributed by atoms with Crippen LogP contribution >= 0.6 is 0 Å². The number of rotatable bonds is 2. The number of carbonyl (C=O) groups is 1. The molecular weight excluding hydrogens is 251 g/mol. The highest BCUT2D eigenvalue weighted by molar-refractivity contribution is 5.88. The van der Waals surface area contributed by atoms with E-state index in [1.165, 1.54) is 13.0 Å². The fourth-order valence-electron chi connectivity index (χ4n) is 1.97. The molecule has 2 rings (SSSR count). The van der Waals surface area contributed by atoms with Crippen LogP contribution in [0.1, 0.15) is 41.6 Å². The quantitative estimate of drug-likeness (QED) is 0.896. The van der Waals surface area contributed by atoms with Crippen molar-refractivity contribution in [2.24, 2.45) is 5.41 Å². The number of benzene rings is 1. The molecule has 0 bridgehead atoms. The molecule has 0 spiro atoms. The molecule has 0 radical (unpaired) electrons. The van der Waals surface area contributed by atoms with Crippen molar-refractivity contribution in [3.63, 3.8) is 0 Å². The van der Waals surface area contributed by atoms with E-state index in [0.29, 0.717) is 18.8 Å². The van der Waals surface area contributed by atoms with Crippen molar-refractivity contribution < 1.29 is 23.8 Å². The highest BCUT2D eigenvalue weighted by atomic mass is 19.1. The van der Waals surface area contributed by atoms with Gasteiger partial charge < -0.3 is 14.6 Å². The van der Waals surface area contributed by atoms with Gasteiger partial charge in [0.25, 0.3) is 0 Å². The average Bonchev–Trinajstić information content (AvgIpc) is 2.32. The van der Waals surface area contributed by atoms with E-state index in [0.717, 1.165) is 0 Å². The first kappa shape index (κ1) is 14.0. The van der Waals surface area contributed by atoms with Gasteiger partial charge in [0, 0.05) is 11.0 Å². The Kier molecular flexibility index (Phi) is 3.60. The lowest BCUT2D eigenvalue weighted by atomic mass is 9.95. The number of carboxylic acid groups (broad SMARTS) is 1. The summed E-state index contributed by atoms with van der Waals surface area (Å²) in [5.41, 5.74) is 0.382. The van der Waals surface area contributed by atoms with Crippen LogP contribution in [0, 0.1) is 18.2 Å². The summed E-state index contributed by atoms with van der Waals surface area (Å²) in [6, 6.07) is 2.83. The van der Waals surface area contributed by atoms with Crippen molar-refractivity contribution in [1.82, 2.24) is 0 Å². The monoisotopic (exact) mass is 268 g/mol.